The number of ether oxygens (including phenoxy) is 3. The first kappa shape index (κ1) is 20.4. The highest BCUT2D eigenvalue weighted by Gasteiger charge is 2.14. The third-order valence-corrected chi connectivity index (χ3v) is 4.43. The molecule has 6 nitrogen and oxygen atoms in total. The van der Waals surface area contributed by atoms with Crippen LogP contribution in [-0.4, -0.2) is 30.3 Å². The summed E-state index contributed by atoms with van der Waals surface area (Å²) in [4.78, 5) is 23.4. The van der Waals surface area contributed by atoms with E-state index in [1.807, 2.05) is 30.3 Å². The van der Waals surface area contributed by atoms with E-state index >= 15 is 0 Å². The largest absolute Gasteiger partial charge is 0.490 e. The number of carbonyl (C=O) groups excluding carboxylic acids is 1. The first-order valence-electron chi connectivity index (χ1n) is 8.68. The summed E-state index contributed by atoms with van der Waals surface area (Å²) in [6.45, 7) is 0.678. The van der Waals surface area contributed by atoms with Crippen LogP contribution in [0.5, 0.6) is 17.2 Å². The van der Waals surface area contributed by atoms with Crippen LogP contribution in [0.2, 0.25) is 0 Å². The standard InChI is InChI=1S/C22H17BrO6/c23-19-14-15(21(24)25)9-10-20(19)29-22(26)16-5-4-8-18(13-16)28-12-11-27-17-6-2-1-3-7-17/h1-10,13-14H,11-12H2,(H,24,25). The van der Waals surface area contributed by atoms with Gasteiger partial charge in [-0.05, 0) is 64.5 Å². The van der Waals surface area contributed by atoms with Gasteiger partial charge in [-0.25, -0.2) is 9.59 Å². The third kappa shape index (κ3) is 5.83. The lowest BCUT2D eigenvalue weighted by molar-refractivity contribution is 0.0696. The second-order valence-corrected chi connectivity index (χ2v) is 6.73. The van der Waals surface area contributed by atoms with E-state index in [4.69, 9.17) is 19.3 Å². The molecule has 0 aliphatic heterocycles. The maximum absolute atomic E-state index is 12.4. The van der Waals surface area contributed by atoms with Crippen molar-refractivity contribution in [2.24, 2.45) is 0 Å². The zero-order valence-corrected chi connectivity index (χ0v) is 16.8. The van der Waals surface area contributed by atoms with Crippen molar-refractivity contribution in [2.75, 3.05) is 13.2 Å². The predicted molar refractivity (Wildman–Crippen MR) is 110 cm³/mol. The highest BCUT2D eigenvalue weighted by Crippen LogP contribution is 2.27. The fourth-order valence-corrected chi connectivity index (χ4v) is 2.88. The molecule has 3 rings (SSSR count). The Kier molecular flexibility index (Phi) is 6.86. The van der Waals surface area contributed by atoms with E-state index in [0.717, 1.165) is 5.75 Å². The predicted octanol–water partition coefficient (Wildman–Crippen LogP) is 4.82. The van der Waals surface area contributed by atoms with Crippen LogP contribution in [0.25, 0.3) is 0 Å². The van der Waals surface area contributed by atoms with Crippen LogP contribution in [-0.2, 0) is 0 Å². The molecule has 0 aromatic heterocycles. The maximum Gasteiger partial charge on any atom is 0.343 e. The molecule has 29 heavy (non-hydrogen) atoms. The summed E-state index contributed by atoms with van der Waals surface area (Å²) >= 11 is 3.21. The van der Waals surface area contributed by atoms with Gasteiger partial charge in [-0.15, -0.1) is 0 Å². The smallest absolute Gasteiger partial charge is 0.343 e. The minimum atomic E-state index is -1.07. The Balaban J connectivity index is 1.57. The Morgan fingerprint density at radius 1 is 0.793 bits per heavy atom. The Morgan fingerprint density at radius 3 is 2.17 bits per heavy atom. The molecule has 1 N–H and O–H groups in total. The number of para-hydroxylation sites is 1. The molecular formula is C22H17BrO6. The molecule has 0 fully saturated rings. The van der Waals surface area contributed by atoms with E-state index in [2.05, 4.69) is 15.9 Å². The van der Waals surface area contributed by atoms with Crippen molar-refractivity contribution in [1.29, 1.82) is 0 Å². The Morgan fingerprint density at radius 2 is 1.48 bits per heavy atom. The molecule has 7 heteroatoms. The molecule has 3 aromatic rings. The van der Waals surface area contributed by atoms with E-state index in [1.165, 1.54) is 18.2 Å². The molecule has 0 radical (unpaired) electrons. The molecule has 0 heterocycles. The van der Waals surface area contributed by atoms with E-state index in [-0.39, 0.29) is 11.3 Å². The Labute approximate surface area is 175 Å². The van der Waals surface area contributed by atoms with Crippen LogP contribution in [0.4, 0.5) is 0 Å². The number of carboxylic acid groups (broad SMARTS) is 1. The lowest BCUT2D eigenvalue weighted by atomic mass is 10.2. The Bertz CT molecular complexity index is 1000. The quantitative estimate of drug-likeness (QED) is 0.297. The number of aromatic carboxylic acids is 1. The number of hydrogen-bond acceptors (Lipinski definition) is 5. The van der Waals surface area contributed by atoms with Crippen LogP contribution in [0.3, 0.4) is 0 Å². The summed E-state index contributed by atoms with van der Waals surface area (Å²) in [5, 5.41) is 8.99. The summed E-state index contributed by atoms with van der Waals surface area (Å²) in [5.74, 6) is -0.156. The lowest BCUT2D eigenvalue weighted by Gasteiger charge is -2.10. The molecule has 0 aliphatic carbocycles. The average molecular weight is 457 g/mol. The van der Waals surface area contributed by atoms with Gasteiger partial charge in [0.1, 0.15) is 30.5 Å². The number of halogens is 1. The van der Waals surface area contributed by atoms with Gasteiger partial charge in [-0.1, -0.05) is 24.3 Å². The summed E-state index contributed by atoms with van der Waals surface area (Å²) in [6, 6.07) is 20.2. The molecule has 0 atom stereocenters. The normalized spacial score (nSPS) is 10.2. The summed E-state index contributed by atoms with van der Waals surface area (Å²) in [6.07, 6.45) is 0. The topological polar surface area (TPSA) is 82.1 Å². The maximum atomic E-state index is 12.4. The molecule has 0 spiro atoms. The fraction of sp³-hybridized carbons (Fsp3) is 0.0909. The molecule has 3 aromatic carbocycles. The van der Waals surface area contributed by atoms with Crippen molar-refractivity contribution in [3.8, 4) is 17.2 Å². The molecule has 148 valence electrons. The number of esters is 1. The van der Waals surface area contributed by atoms with Crippen LogP contribution in [0.1, 0.15) is 20.7 Å². The number of carbonyl (C=O) groups is 2. The van der Waals surface area contributed by atoms with E-state index in [0.29, 0.717) is 29.0 Å². The Hall–Kier alpha value is -3.32. The van der Waals surface area contributed by atoms with Gasteiger partial charge < -0.3 is 19.3 Å². The van der Waals surface area contributed by atoms with Gasteiger partial charge in [0.05, 0.1) is 15.6 Å². The number of rotatable bonds is 8. The van der Waals surface area contributed by atoms with Gasteiger partial charge in [-0.3, -0.25) is 0 Å². The minimum Gasteiger partial charge on any atom is -0.490 e. The first-order chi connectivity index (χ1) is 14.0. The van der Waals surface area contributed by atoms with Crippen LogP contribution >= 0.6 is 15.9 Å². The molecule has 0 saturated carbocycles. The molecular weight excluding hydrogens is 440 g/mol. The van der Waals surface area contributed by atoms with Crippen molar-refractivity contribution in [3.63, 3.8) is 0 Å². The second-order valence-electron chi connectivity index (χ2n) is 5.88. The van der Waals surface area contributed by atoms with Crippen molar-refractivity contribution in [2.45, 2.75) is 0 Å². The highest BCUT2D eigenvalue weighted by atomic mass is 79.9. The molecule has 0 amide bonds. The molecule has 0 unspecified atom stereocenters. The van der Waals surface area contributed by atoms with Crippen LogP contribution < -0.4 is 14.2 Å². The average Bonchev–Trinajstić information content (AvgIpc) is 2.73. The van der Waals surface area contributed by atoms with Gasteiger partial charge in [0.2, 0.25) is 0 Å². The van der Waals surface area contributed by atoms with Gasteiger partial charge in [0.25, 0.3) is 0 Å². The fourth-order valence-electron chi connectivity index (χ4n) is 2.42. The number of hydrogen-bond donors (Lipinski definition) is 1. The van der Waals surface area contributed by atoms with Crippen molar-refractivity contribution >= 4 is 27.9 Å². The van der Waals surface area contributed by atoms with E-state index < -0.39 is 11.9 Å². The van der Waals surface area contributed by atoms with E-state index in [9.17, 15) is 9.59 Å². The van der Waals surface area contributed by atoms with E-state index in [1.54, 1.807) is 24.3 Å². The van der Waals surface area contributed by atoms with Gasteiger partial charge in [-0.2, -0.15) is 0 Å². The summed E-state index contributed by atoms with van der Waals surface area (Å²) in [5.41, 5.74) is 0.394. The highest BCUT2D eigenvalue weighted by molar-refractivity contribution is 9.10. The minimum absolute atomic E-state index is 0.0878. The molecule has 0 aliphatic rings. The molecule has 0 bridgehead atoms. The van der Waals surface area contributed by atoms with Gasteiger partial charge >= 0.3 is 11.9 Å². The van der Waals surface area contributed by atoms with Crippen LogP contribution in [0, 0.1) is 0 Å². The van der Waals surface area contributed by atoms with Crippen molar-refractivity contribution in [1.82, 2.24) is 0 Å². The zero-order chi connectivity index (χ0) is 20.6. The van der Waals surface area contributed by atoms with Gasteiger partial charge in [0.15, 0.2) is 0 Å². The summed E-state index contributed by atoms with van der Waals surface area (Å²) < 4.78 is 16.9. The van der Waals surface area contributed by atoms with Crippen molar-refractivity contribution < 1.29 is 28.9 Å². The van der Waals surface area contributed by atoms with Gasteiger partial charge in [0, 0.05) is 0 Å². The lowest BCUT2D eigenvalue weighted by Crippen LogP contribution is -2.11. The monoisotopic (exact) mass is 456 g/mol. The summed E-state index contributed by atoms with van der Waals surface area (Å²) in [7, 11) is 0. The second kappa shape index (κ2) is 9.75. The number of benzene rings is 3. The van der Waals surface area contributed by atoms with Crippen LogP contribution in [0.15, 0.2) is 77.3 Å². The SMILES string of the molecule is O=C(O)c1ccc(OC(=O)c2cccc(OCCOc3ccccc3)c2)c(Br)c1. The zero-order valence-electron chi connectivity index (χ0n) is 15.2. The molecule has 0 saturated heterocycles. The first-order valence-corrected chi connectivity index (χ1v) is 9.48. The number of carboxylic acids is 1. The van der Waals surface area contributed by atoms with Crippen molar-refractivity contribution in [3.05, 3.63) is 88.4 Å². The third-order valence-electron chi connectivity index (χ3n) is 3.82.